The van der Waals surface area contributed by atoms with Crippen LogP contribution < -0.4 is 4.18 Å². The van der Waals surface area contributed by atoms with E-state index in [0.29, 0.717) is 4.47 Å². The lowest BCUT2D eigenvalue weighted by molar-refractivity contribution is 0.485. The third-order valence-electron chi connectivity index (χ3n) is 2.11. The van der Waals surface area contributed by atoms with Crippen LogP contribution in [0.3, 0.4) is 0 Å². The smallest absolute Gasteiger partial charge is 0.340 e. The van der Waals surface area contributed by atoms with E-state index in [0.717, 1.165) is 4.47 Å². The van der Waals surface area contributed by atoms with Gasteiger partial charge in [0.25, 0.3) is 0 Å². The van der Waals surface area contributed by atoms with Crippen molar-refractivity contribution in [2.24, 2.45) is 0 Å². The zero-order valence-corrected chi connectivity index (χ0v) is 13.0. The molecule has 3 nitrogen and oxygen atoms in total. The standard InChI is InChI=1S/C12H8Br2O3S/c13-9-4-3-5-10(8-9)17-18(15,16)12-7-2-1-6-11(12)14/h1-8H. The van der Waals surface area contributed by atoms with Crippen molar-refractivity contribution < 1.29 is 12.6 Å². The van der Waals surface area contributed by atoms with Crippen molar-refractivity contribution in [2.45, 2.75) is 4.90 Å². The molecule has 0 saturated heterocycles. The molecule has 2 aromatic rings. The van der Waals surface area contributed by atoms with Crippen LogP contribution in [0.5, 0.6) is 5.75 Å². The first kappa shape index (κ1) is 13.6. The van der Waals surface area contributed by atoms with Crippen molar-refractivity contribution in [3.8, 4) is 5.75 Å². The van der Waals surface area contributed by atoms with Gasteiger partial charge in [-0.3, -0.25) is 0 Å². The third kappa shape index (κ3) is 3.13. The zero-order valence-electron chi connectivity index (χ0n) is 9.01. The second-order valence-electron chi connectivity index (χ2n) is 3.43. The molecule has 0 N–H and O–H groups in total. The normalized spacial score (nSPS) is 11.2. The highest BCUT2D eigenvalue weighted by atomic mass is 79.9. The SMILES string of the molecule is O=S(=O)(Oc1cccc(Br)c1)c1ccccc1Br. The molecular weight excluding hydrogens is 384 g/mol. The van der Waals surface area contributed by atoms with Crippen LogP contribution in [0.15, 0.2) is 62.4 Å². The van der Waals surface area contributed by atoms with Gasteiger partial charge in [-0.15, -0.1) is 0 Å². The Morgan fingerprint density at radius 3 is 2.33 bits per heavy atom. The second-order valence-corrected chi connectivity index (χ2v) is 6.71. The quantitative estimate of drug-likeness (QED) is 0.743. The summed E-state index contributed by atoms with van der Waals surface area (Å²) in [6, 6.07) is 13.2. The minimum absolute atomic E-state index is 0.102. The number of hydrogen-bond acceptors (Lipinski definition) is 3. The highest BCUT2D eigenvalue weighted by Gasteiger charge is 2.19. The number of benzene rings is 2. The third-order valence-corrected chi connectivity index (χ3v) is 4.86. The fourth-order valence-electron chi connectivity index (χ4n) is 1.34. The van der Waals surface area contributed by atoms with Gasteiger partial charge in [-0.1, -0.05) is 34.1 Å². The van der Waals surface area contributed by atoms with E-state index in [4.69, 9.17) is 4.18 Å². The van der Waals surface area contributed by atoms with Gasteiger partial charge in [-0.05, 0) is 46.3 Å². The molecule has 0 aliphatic carbocycles. The zero-order chi connectivity index (χ0) is 13.2. The maximum absolute atomic E-state index is 12.1. The Balaban J connectivity index is 2.37. The molecule has 0 fully saturated rings. The Labute approximate surface area is 122 Å². The van der Waals surface area contributed by atoms with Gasteiger partial charge in [0.2, 0.25) is 0 Å². The fraction of sp³-hybridized carbons (Fsp3) is 0. The summed E-state index contributed by atoms with van der Waals surface area (Å²) >= 11 is 6.45. The largest absolute Gasteiger partial charge is 0.379 e. The van der Waals surface area contributed by atoms with Gasteiger partial charge in [-0.25, -0.2) is 0 Å². The fourth-order valence-corrected chi connectivity index (χ4v) is 3.59. The molecule has 0 heterocycles. The van der Waals surface area contributed by atoms with E-state index < -0.39 is 10.1 Å². The molecule has 0 bridgehead atoms. The van der Waals surface area contributed by atoms with Crippen molar-refractivity contribution in [2.75, 3.05) is 0 Å². The van der Waals surface area contributed by atoms with E-state index in [2.05, 4.69) is 31.9 Å². The minimum Gasteiger partial charge on any atom is -0.379 e. The van der Waals surface area contributed by atoms with Gasteiger partial charge in [0.05, 0.1) is 0 Å². The first-order valence-corrected chi connectivity index (χ1v) is 7.93. The molecule has 0 atom stereocenters. The van der Waals surface area contributed by atoms with Crippen molar-refractivity contribution in [1.29, 1.82) is 0 Å². The Morgan fingerprint density at radius 1 is 0.944 bits per heavy atom. The van der Waals surface area contributed by atoms with Crippen LogP contribution in [0.1, 0.15) is 0 Å². The predicted octanol–water partition coefficient (Wildman–Crippen LogP) is 3.98. The number of rotatable bonds is 3. The summed E-state index contributed by atoms with van der Waals surface area (Å²) in [5.74, 6) is 0.264. The first-order valence-electron chi connectivity index (χ1n) is 4.93. The second kappa shape index (κ2) is 5.42. The van der Waals surface area contributed by atoms with E-state index in [1.807, 2.05) is 0 Å². The monoisotopic (exact) mass is 390 g/mol. The number of hydrogen-bond donors (Lipinski definition) is 0. The van der Waals surface area contributed by atoms with Gasteiger partial charge in [0, 0.05) is 8.95 Å². The van der Waals surface area contributed by atoms with Crippen molar-refractivity contribution >= 4 is 42.0 Å². The average molecular weight is 392 g/mol. The highest BCUT2D eigenvalue weighted by molar-refractivity contribution is 9.10. The van der Waals surface area contributed by atoms with E-state index in [1.54, 1.807) is 42.5 Å². The summed E-state index contributed by atoms with van der Waals surface area (Å²) in [6.45, 7) is 0. The molecule has 0 aliphatic heterocycles. The first-order chi connectivity index (χ1) is 8.49. The molecule has 2 aromatic carbocycles. The molecular formula is C12H8Br2O3S. The molecule has 0 aliphatic rings. The molecule has 0 spiro atoms. The maximum Gasteiger partial charge on any atom is 0.340 e. The Bertz CT molecular complexity index is 669. The van der Waals surface area contributed by atoms with Crippen LogP contribution in [-0.4, -0.2) is 8.42 Å². The predicted molar refractivity (Wildman–Crippen MR) is 76.1 cm³/mol. The summed E-state index contributed by atoms with van der Waals surface area (Å²) in [5.41, 5.74) is 0. The molecule has 0 saturated carbocycles. The van der Waals surface area contributed by atoms with Crippen molar-refractivity contribution in [1.82, 2.24) is 0 Å². The molecule has 0 aromatic heterocycles. The lowest BCUT2D eigenvalue weighted by atomic mass is 10.3. The lowest BCUT2D eigenvalue weighted by Gasteiger charge is -2.08. The highest BCUT2D eigenvalue weighted by Crippen LogP contribution is 2.26. The Hall–Kier alpha value is -0.850. The van der Waals surface area contributed by atoms with E-state index in [1.165, 1.54) is 6.07 Å². The Morgan fingerprint density at radius 2 is 1.67 bits per heavy atom. The van der Waals surface area contributed by atoms with Gasteiger partial charge < -0.3 is 4.18 Å². The Kier molecular flexibility index (Phi) is 4.09. The molecule has 94 valence electrons. The van der Waals surface area contributed by atoms with Crippen LogP contribution in [0.25, 0.3) is 0 Å². The molecule has 2 rings (SSSR count). The lowest BCUT2D eigenvalue weighted by Crippen LogP contribution is -2.10. The summed E-state index contributed by atoms with van der Waals surface area (Å²) in [7, 11) is -3.83. The van der Waals surface area contributed by atoms with Gasteiger partial charge in [0.15, 0.2) is 0 Å². The molecule has 18 heavy (non-hydrogen) atoms. The van der Waals surface area contributed by atoms with Crippen LogP contribution >= 0.6 is 31.9 Å². The molecule has 6 heteroatoms. The summed E-state index contributed by atoms with van der Waals surface area (Å²) in [4.78, 5) is 0.102. The van der Waals surface area contributed by atoms with Crippen molar-refractivity contribution in [3.05, 3.63) is 57.5 Å². The summed E-state index contributed by atoms with van der Waals surface area (Å²) < 4.78 is 30.4. The van der Waals surface area contributed by atoms with E-state index >= 15 is 0 Å². The minimum atomic E-state index is -3.83. The van der Waals surface area contributed by atoms with Crippen LogP contribution in [0.2, 0.25) is 0 Å². The van der Waals surface area contributed by atoms with Gasteiger partial charge in [0.1, 0.15) is 10.6 Å². The van der Waals surface area contributed by atoms with Gasteiger partial charge >= 0.3 is 10.1 Å². The molecule has 0 amide bonds. The summed E-state index contributed by atoms with van der Waals surface area (Å²) in [5, 5.41) is 0. The van der Waals surface area contributed by atoms with Gasteiger partial charge in [-0.2, -0.15) is 8.42 Å². The van der Waals surface area contributed by atoms with Crippen LogP contribution in [-0.2, 0) is 10.1 Å². The summed E-state index contributed by atoms with van der Waals surface area (Å²) in [6.07, 6.45) is 0. The maximum atomic E-state index is 12.1. The van der Waals surface area contributed by atoms with Crippen LogP contribution in [0.4, 0.5) is 0 Å². The number of halogens is 2. The van der Waals surface area contributed by atoms with E-state index in [9.17, 15) is 8.42 Å². The molecule has 0 unspecified atom stereocenters. The molecule has 0 radical (unpaired) electrons. The average Bonchev–Trinajstić information content (AvgIpc) is 2.28. The van der Waals surface area contributed by atoms with Crippen LogP contribution in [0, 0.1) is 0 Å². The van der Waals surface area contributed by atoms with Crippen molar-refractivity contribution in [3.63, 3.8) is 0 Å². The van der Waals surface area contributed by atoms with E-state index in [-0.39, 0.29) is 10.6 Å². The topological polar surface area (TPSA) is 43.4 Å².